The van der Waals surface area contributed by atoms with E-state index in [4.69, 9.17) is 5.73 Å². The van der Waals surface area contributed by atoms with Crippen LogP contribution in [0.1, 0.15) is 25.8 Å². The molecule has 0 spiro atoms. The molecule has 108 valence electrons. The van der Waals surface area contributed by atoms with Crippen molar-refractivity contribution in [2.45, 2.75) is 32.6 Å². The first-order chi connectivity index (χ1) is 9.34. The number of benzene rings is 1. The molecule has 0 radical (unpaired) electrons. The minimum Gasteiger partial charge on any atom is -0.402 e. The summed E-state index contributed by atoms with van der Waals surface area (Å²) in [5.74, 6) is -2.93. The summed E-state index contributed by atoms with van der Waals surface area (Å²) in [5, 5.41) is 0. The summed E-state index contributed by atoms with van der Waals surface area (Å²) < 4.78 is 27.4. The molecule has 0 heterocycles. The van der Waals surface area contributed by atoms with E-state index >= 15 is 0 Å². The molecule has 2 N–H and O–H groups in total. The van der Waals surface area contributed by atoms with Crippen molar-refractivity contribution in [1.82, 2.24) is 0 Å². The minimum atomic E-state index is -2.93. The van der Waals surface area contributed by atoms with Crippen LogP contribution in [-0.4, -0.2) is 5.92 Å². The number of rotatable bonds is 6. The van der Waals surface area contributed by atoms with Gasteiger partial charge in [-0.2, -0.15) is 0 Å². The first kappa shape index (κ1) is 16.2. The molecule has 0 fully saturated rings. The predicted octanol–water partition coefficient (Wildman–Crippen LogP) is 4.62. The van der Waals surface area contributed by atoms with E-state index in [0.717, 1.165) is 12.5 Å². The minimum absolute atomic E-state index is 0.0715. The lowest BCUT2D eigenvalue weighted by Gasteiger charge is -2.17. The van der Waals surface area contributed by atoms with E-state index < -0.39 is 5.92 Å². The van der Waals surface area contributed by atoms with Gasteiger partial charge in [-0.15, -0.1) is 0 Å². The number of halogens is 2. The zero-order valence-electron chi connectivity index (χ0n) is 12.0. The van der Waals surface area contributed by atoms with Gasteiger partial charge < -0.3 is 5.73 Å². The summed E-state index contributed by atoms with van der Waals surface area (Å²) in [4.78, 5) is 0. The average Bonchev–Trinajstić information content (AvgIpc) is 2.38. The molecule has 0 bridgehead atoms. The molecule has 0 unspecified atom stereocenters. The van der Waals surface area contributed by atoms with Crippen LogP contribution in [0, 0.1) is 0 Å². The van der Waals surface area contributed by atoms with Crippen LogP contribution in [0.2, 0.25) is 0 Å². The van der Waals surface area contributed by atoms with Gasteiger partial charge in [0.05, 0.1) is 0 Å². The molecule has 1 aromatic rings. The highest BCUT2D eigenvalue weighted by Gasteiger charge is 2.28. The molecule has 0 saturated carbocycles. The molecule has 0 amide bonds. The van der Waals surface area contributed by atoms with Crippen molar-refractivity contribution in [2.75, 3.05) is 0 Å². The molecule has 1 rings (SSSR count). The highest BCUT2D eigenvalue weighted by Crippen LogP contribution is 2.30. The van der Waals surface area contributed by atoms with E-state index in [1.807, 2.05) is 37.3 Å². The highest BCUT2D eigenvalue weighted by molar-refractivity contribution is 5.40. The van der Waals surface area contributed by atoms with Crippen molar-refractivity contribution in [1.29, 1.82) is 0 Å². The standard InChI is InChI=1S/C17H21F2N/c1-4-15(20)10-11-16(17(3,18)19)13(2)12-14-8-6-5-7-9-14/h5-11H,2,4,12,20H2,1,3H3/b15-10+,16-11+. The molecular weight excluding hydrogens is 256 g/mol. The molecule has 0 atom stereocenters. The maximum atomic E-state index is 13.7. The Balaban J connectivity index is 2.98. The van der Waals surface area contributed by atoms with Crippen LogP contribution in [0.5, 0.6) is 0 Å². The maximum absolute atomic E-state index is 13.7. The van der Waals surface area contributed by atoms with Gasteiger partial charge in [-0.3, -0.25) is 0 Å². The van der Waals surface area contributed by atoms with E-state index in [0.29, 0.717) is 24.1 Å². The third-order valence-electron chi connectivity index (χ3n) is 2.99. The fourth-order valence-corrected chi connectivity index (χ4v) is 1.82. The second kappa shape index (κ2) is 7.04. The van der Waals surface area contributed by atoms with Crippen molar-refractivity contribution < 1.29 is 8.78 Å². The topological polar surface area (TPSA) is 26.0 Å². The second-order valence-corrected chi connectivity index (χ2v) is 4.83. The zero-order valence-corrected chi connectivity index (χ0v) is 12.0. The number of nitrogens with two attached hydrogens (primary N) is 1. The largest absolute Gasteiger partial charge is 0.402 e. The Labute approximate surface area is 119 Å². The Morgan fingerprint density at radius 3 is 2.35 bits per heavy atom. The third kappa shape index (κ3) is 5.00. The van der Waals surface area contributed by atoms with Crippen molar-refractivity contribution in [3.63, 3.8) is 0 Å². The quantitative estimate of drug-likeness (QED) is 0.754. The van der Waals surface area contributed by atoms with Gasteiger partial charge >= 0.3 is 0 Å². The van der Waals surface area contributed by atoms with Crippen LogP contribution < -0.4 is 5.73 Å². The first-order valence-corrected chi connectivity index (χ1v) is 6.61. The molecule has 20 heavy (non-hydrogen) atoms. The smallest absolute Gasteiger partial charge is 0.270 e. The molecule has 1 aromatic carbocycles. The van der Waals surface area contributed by atoms with Crippen molar-refractivity contribution >= 4 is 0 Å². The Kier molecular flexibility index (Phi) is 5.68. The van der Waals surface area contributed by atoms with Gasteiger partial charge in [0.2, 0.25) is 0 Å². The van der Waals surface area contributed by atoms with Crippen LogP contribution >= 0.6 is 0 Å². The predicted molar refractivity (Wildman–Crippen MR) is 80.6 cm³/mol. The van der Waals surface area contributed by atoms with Gasteiger partial charge in [-0.1, -0.05) is 49.9 Å². The fraction of sp³-hybridized carbons (Fsp3) is 0.294. The molecule has 3 heteroatoms. The lowest BCUT2D eigenvalue weighted by molar-refractivity contribution is 0.0657. The number of hydrogen-bond donors (Lipinski definition) is 1. The maximum Gasteiger partial charge on any atom is 0.270 e. The van der Waals surface area contributed by atoms with Crippen LogP contribution in [0.3, 0.4) is 0 Å². The van der Waals surface area contributed by atoms with Crippen LogP contribution in [0.25, 0.3) is 0 Å². The van der Waals surface area contributed by atoms with Gasteiger partial charge in [0.1, 0.15) is 0 Å². The van der Waals surface area contributed by atoms with Crippen molar-refractivity contribution in [3.05, 3.63) is 71.5 Å². The van der Waals surface area contributed by atoms with Crippen molar-refractivity contribution in [3.8, 4) is 0 Å². The summed E-state index contributed by atoms with van der Waals surface area (Å²) in [6.45, 7) is 6.56. The van der Waals surface area contributed by atoms with Gasteiger partial charge in [-0.05, 0) is 30.1 Å². The highest BCUT2D eigenvalue weighted by atomic mass is 19.3. The fourth-order valence-electron chi connectivity index (χ4n) is 1.82. The Morgan fingerprint density at radius 1 is 1.25 bits per heavy atom. The lowest BCUT2D eigenvalue weighted by atomic mass is 9.95. The Morgan fingerprint density at radius 2 is 1.85 bits per heavy atom. The summed E-state index contributed by atoms with van der Waals surface area (Å²) >= 11 is 0. The zero-order chi connectivity index (χ0) is 15.2. The van der Waals surface area contributed by atoms with Gasteiger partial charge in [0, 0.05) is 18.2 Å². The Bertz CT molecular complexity index is 508. The number of hydrogen-bond acceptors (Lipinski definition) is 1. The molecule has 0 saturated heterocycles. The van der Waals surface area contributed by atoms with E-state index in [9.17, 15) is 8.78 Å². The van der Waals surface area contributed by atoms with Crippen LogP contribution in [0.15, 0.2) is 65.9 Å². The average molecular weight is 277 g/mol. The molecular formula is C17H21F2N. The lowest BCUT2D eigenvalue weighted by Crippen LogP contribution is -2.16. The van der Waals surface area contributed by atoms with Crippen LogP contribution in [-0.2, 0) is 6.42 Å². The molecule has 0 aromatic heterocycles. The van der Waals surface area contributed by atoms with E-state index in [1.165, 1.54) is 12.2 Å². The third-order valence-corrected chi connectivity index (χ3v) is 2.99. The summed E-state index contributed by atoms with van der Waals surface area (Å²) in [7, 11) is 0. The summed E-state index contributed by atoms with van der Waals surface area (Å²) in [5.41, 5.74) is 7.52. The van der Waals surface area contributed by atoms with E-state index in [1.54, 1.807) is 0 Å². The number of allylic oxidation sites excluding steroid dienone is 5. The number of alkyl halides is 2. The second-order valence-electron chi connectivity index (χ2n) is 4.83. The van der Waals surface area contributed by atoms with Gasteiger partial charge in [0.25, 0.3) is 5.92 Å². The van der Waals surface area contributed by atoms with Crippen LogP contribution in [0.4, 0.5) is 8.78 Å². The van der Waals surface area contributed by atoms with Gasteiger partial charge in [-0.25, -0.2) is 8.78 Å². The molecule has 0 aliphatic carbocycles. The Hall–Kier alpha value is -1.90. The SMILES string of the molecule is C=C(Cc1ccccc1)/C(=C\C=C(\N)CC)C(C)(F)F. The molecule has 0 aliphatic heterocycles. The van der Waals surface area contributed by atoms with Crippen molar-refractivity contribution in [2.24, 2.45) is 5.73 Å². The first-order valence-electron chi connectivity index (χ1n) is 6.61. The molecule has 0 aliphatic rings. The summed E-state index contributed by atoms with van der Waals surface area (Å²) in [6, 6.07) is 9.44. The monoisotopic (exact) mass is 277 g/mol. The summed E-state index contributed by atoms with van der Waals surface area (Å²) in [6.07, 6.45) is 3.94. The van der Waals surface area contributed by atoms with E-state index in [2.05, 4.69) is 6.58 Å². The normalized spacial score (nSPS) is 13.4. The van der Waals surface area contributed by atoms with E-state index in [-0.39, 0.29) is 5.57 Å². The molecule has 1 nitrogen and oxygen atoms in total. The van der Waals surface area contributed by atoms with Gasteiger partial charge in [0.15, 0.2) is 0 Å².